The number of hydrogen-bond acceptors (Lipinski definition) is 5. The van der Waals surface area contributed by atoms with Crippen molar-refractivity contribution >= 4 is 0 Å². The first kappa shape index (κ1) is 21.4. The average molecular weight is 408 g/mol. The molecule has 5 N–H and O–H groups in total. The Balaban J connectivity index is 1.99. The summed E-state index contributed by atoms with van der Waals surface area (Å²) in [5.74, 6) is 0.188. The van der Waals surface area contributed by atoms with Crippen LogP contribution < -0.4 is 0 Å². The van der Waals surface area contributed by atoms with Gasteiger partial charge in [0.25, 0.3) is 0 Å². The molecule has 0 amide bonds. The van der Waals surface area contributed by atoms with Gasteiger partial charge in [-0.15, -0.1) is 0 Å². The Morgan fingerprint density at radius 1 is 0.500 bits per heavy atom. The SMILES string of the molecule is CCc1cc(Cc2cc(C)cc(Cc3cc(CC)c(O)cc3O)c2O)c(O)cc1O. The van der Waals surface area contributed by atoms with E-state index in [1.54, 1.807) is 12.1 Å². The molecular formula is C25H28O5. The summed E-state index contributed by atoms with van der Waals surface area (Å²) in [6, 6.07) is 9.91. The van der Waals surface area contributed by atoms with Crippen molar-refractivity contribution in [2.24, 2.45) is 0 Å². The molecule has 0 saturated heterocycles. The number of aryl methyl sites for hydroxylation is 3. The fourth-order valence-electron chi connectivity index (χ4n) is 3.81. The number of benzene rings is 3. The van der Waals surface area contributed by atoms with Gasteiger partial charge in [0.15, 0.2) is 0 Å². The van der Waals surface area contributed by atoms with Crippen LogP contribution in [-0.4, -0.2) is 25.5 Å². The summed E-state index contributed by atoms with van der Waals surface area (Å²) < 4.78 is 0. The van der Waals surface area contributed by atoms with Gasteiger partial charge in [-0.1, -0.05) is 31.5 Å². The Bertz CT molecular complexity index is 1000. The van der Waals surface area contributed by atoms with Crippen LogP contribution in [0.25, 0.3) is 0 Å². The molecule has 3 rings (SSSR count). The molecule has 0 fully saturated rings. The molecule has 158 valence electrons. The average Bonchev–Trinajstić information content (AvgIpc) is 2.69. The first-order valence-electron chi connectivity index (χ1n) is 10.1. The zero-order valence-electron chi connectivity index (χ0n) is 17.5. The molecule has 5 nitrogen and oxygen atoms in total. The Hall–Kier alpha value is -3.34. The van der Waals surface area contributed by atoms with Gasteiger partial charge in [-0.05, 0) is 65.3 Å². The number of phenols is 5. The Kier molecular flexibility index (Phi) is 6.11. The van der Waals surface area contributed by atoms with Gasteiger partial charge in [0.1, 0.15) is 28.7 Å². The topological polar surface area (TPSA) is 101 Å². The van der Waals surface area contributed by atoms with Crippen LogP contribution in [0.1, 0.15) is 52.8 Å². The van der Waals surface area contributed by atoms with Crippen molar-refractivity contribution in [1.82, 2.24) is 0 Å². The summed E-state index contributed by atoms with van der Waals surface area (Å²) in [7, 11) is 0. The highest BCUT2D eigenvalue weighted by atomic mass is 16.3. The van der Waals surface area contributed by atoms with Crippen LogP contribution in [0.15, 0.2) is 36.4 Å². The van der Waals surface area contributed by atoms with Crippen LogP contribution in [0, 0.1) is 6.92 Å². The van der Waals surface area contributed by atoms with Gasteiger partial charge < -0.3 is 25.5 Å². The molecule has 0 aliphatic heterocycles. The van der Waals surface area contributed by atoms with Crippen LogP contribution in [0.2, 0.25) is 0 Å². The van der Waals surface area contributed by atoms with Gasteiger partial charge in [-0.25, -0.2) is 0 Å². The van der Waals surface area contributed by atoms with Gasteiger partial charge in [-0.3, -0.25) is 0 Å². The van der Waals surface area contributed by atoms with Crippen molar-refractivity contribution in [2.45, 2.75) is 46.5 Å². The molecule has 30 heavy (non-hydrogen) atoms. The van der Waals surface area contributed by atoms with Gasteiger partial charge in [-0.2, -0.15) is 0 Å². The third kappa shape index (κ3) is 4.30. The van der Waals surface area contributed by atoms with Crippen molar-refractivity contribution in [3.05, 3.63) is 75.3 Å². The second-order valence-electron chi connectivity index (χ2n) is 7.71. The number of phenolic OH excluding ortho intramolecular Hbond substituents is 5. The van der Waals surface area contributed by atoms with E-state index in [4.69, 9.17) is 0 Å². The Labute approximate surface area is 176 Å². The molecular weight excluding hydrogens is 380 g/mol. The third-order valence-corrected chi connectivity index (χ3v) is 5.50. The molecule has 5 heteroatoms. The molecule has 0 saturated carbocycles. The van der Waals surface area contributed by atoms with E-state index in [2.05, 4.69) is 0 Å². The second-order valence-corrected chi connectivity index (χ2v) is 7.71. The maximum atomic E-state index is 10.9. The zero-order chi connectivity index (χ0) is 22.0. The third-order valence-electron chi connectivity index (χ3n) is 5.50. The lowest BCUT2D eigenvalue weighted by Crippen LogP contribution is -1.98. The predicted octanol–water partition coefficient (Wildman–Crippen LogP) is 4.83. The lowest BCUT2D eigenvalue weighted by Gasteiger charge is -2.15. The lowest BCUT2D eigenvalue weighted by molar-refractivity contribution is 0.441. The molecule has 0 heterocycles. The molecule has 0 unspecified atom stereocenters. The fraction of sp³-hybridized carbons (Fsp3) is 0.280. The van der Waals surface area contributed by atoms with E-state index in [1.807, 2.05) is 32.9 Å². The van der Waals surface area contributed by atoms with Crippen molar-refractivity contribution in [1.29, 1.82) is 0 Å². The highest BCUT2D eigenvalue weighted by Crippen LogP contribution is 2.36. The Morgan fingerprint density at radius 3 is 1.23 bits per heavy atom. The molecule has 0 aromatic heterocycles. The molecule has 3 aromatic carbocycles. The molecule has 3 aromatic rings. The van der Waals surface area contributed by atoms with E-state index in [-0.39, 0.29) is 28.7 Å². The smallest absolute Gasteiger partial charge is 0.122 e. The number of hydrogen-bond donors (Lipinski definition) is 5. The number of aromatic hydroxyl groups is 5. The first-order valence-corrected chi connectivity index (χ1v) is 10.1. The summed E-state index contributed by atoms with van der Waals surface area (Å²) in [5.41, 5.74) is 4.96. The Morgan fingerprint density at radius 2 is 0.867 bits per heavy atom. The van der Waals surface area contributed by atoms with E-state index >= 15 is 0 Å². The summed E-state index contributed by atoms with van der Waals surface area (Å²) in [5, 5.41) is 51.3. The minimum atomic E-state index is -0.0177. The van der Waals surface area contributed by atoms with Crippen molar-refractivity contribution in [3.8, 4) is 28.7 Å². The van der Waals surface area contributed by atoms with Crippen LogP contribution in [0.3, 0.4) is 0 Å². The summed E-state index contributed by atoms with van der Waals surface area (Å²) in [6.45, 7) is 5.77. The van der Waals surface area contributed by atoms with Crippen molar-refractivity contribution in [2.75, 3.05) is 0 Å². The molecule has 0 bridgehead atoms. The molecule has 0 aliphatic rings. The highest BCUT2D eigenvalue weighted by Gasteiger charge is 2.16. The minimum Gasteiger partial charge on any atom is -0.508 e. The largest absolute Gasteiger partial charge is 0.508 e. The van der Waals surface area contributed by atoms with E-state index in [9.17, 15) is 25.5 Å². The molecule has 0 radical (unpaired) electrons. The van der Waals surface area contributed by atoms with E-state index in [0.717, 1.165) is 16.7 Å². The summed E-state index contributed by atoms with van der Waals surface area (Å²) in [6.07, 6.45) is 1.87. The quantitative estimate of drug-likeness (QED) is 0.402. The van der Waals surface area contributed by atoms with Crippen molar-refractivity contribution in [3.63, 3.8) is 0 Å². The van der Waals surface area contributed by atoms with E-state index in [1.165, 1.54) is 12.1 Å². The molecule has 0 atom stereocenters. The maximum absolute atomic E-state index is 10.9. The van der Waals surface area contributed by atoms with Crippen molar-refractivity contribution < 1.29 is 25.5 Å². The fourth-order valence-corrected chi connectivity index (χ4v) is 3.81. The number of rotatable bonds is 6. The zero-order valence-corrected chi connectivity index (χ0v) is 17.5. The van der Waals surface area contributed by atoms with Crippen LogP contribution in [-0.2, 0) is 25.7 Å². The van der Waals surface area contributed by atoms with Gasteiger partial charge in [0.05, 0.1) is 0 Å². The standard InChI is InChI=1S/C25H28O5/c1-4-15-8-17(23(28)12-21(15)26)10-19-6-14(3)7-20(25(19)30)11-18-9-16(5-2)22(27)13-24(18)29/h6-9,12-13,26-30H,4-5,10-11H2,1-3H3. The summed E-state index contributed by atoms with van der Waals surface area (Å²) >= 11 is 0. The van der Waals surface area contributed by atoms with Gasteiger partial charge in [0.2, 0.25) is 0 Å². The molecule has 0 aliphatic carbocycles. The van der Waals surface area contributed by atoms with Crippen LogP contribution in [0.4, 0.5) is 0 Å². The highest BCUT2D eigenvalue weighted by molar-refractivity contribution is 5.53. The normalized spacial score (nSPS) is 11.0. The molecule has 0 spiro atoms. The second kappa shape index (κ2) is 8.57. The van der Waals surface area contributed by atoms with Gasteiger partial charge in [0, 0.05) is 25.0 Å². The summed E-state index contributed by atoms with van der Waals surface area (Å²) in [4.78, 5) is 0. The first-order chi connectivity index (χ1) is 14.2. The lowest BCUT2D eigenvalue weighted by atomic mass is 9.93. The van der Waals surface area contributed by atoms with Crippen LogP contribution >= 0.6 is 0 Å². The monoisotopic (exact) mass is 408 g/mol. The minimum absolute atomic E-state index is 0.0177. The van der Waals surface area contributed by atoms with E-state index in [0.29, 0.717) is 47.9 Å². The van der Waals surface area contributed by atoms with Gasteiger partial charge >= 0.3 is 0 Å². The van der Waals surface area contributed by atoms with E-state index < -0.39 is 0 Å². The maximum Gasteiger partial charge on any atom is 0.122 e. The van der Waals surface area contributed by atoms with Crippen LogP contribution in [0.5, 0.6) is 28.7 Å². The predicted molar refractivity (Wildman–Crippen MR) is 117 cm³/mol.